The van der Waals surface area contributed by atoms with E-state index in [9.17, 15) is 0 Å². The van der Waals surface area contributed by atoms with Crippen LogP contribution in [0.1, 0.15) is 31.9 Å². The molecular weight excluding hydrogens is 184 g/mol. The van der Waals surface area contributed by atoms with E-state index < -0.39 is 0 Å². The molecule has 0 bridgehead atoms. The van der Waals surface area contributed by atoms with E-state index in [1.807, 2.05) is 0 Å². The van der Waals surface area contributed by atoms with Gasteiger partial charge in [-0.1, -0.05) is 25.1 Å². The molecule has 2 rings (SSSR count). The fourth-order valence-corrected chi connectivity index (χ4v) is 1.92. The van der Waals surface area contributed by atoms with Crippen LogP contribution in [0.25, 0.3) is 10.9 Å². The molecule has 1 atom stereocenters. The third-order valence-electron chi connectivity index (χ3n) is 2.79. The summed E-state index contributed by atoms with van der Waals surface area (Å²) in [6.07, 6.45) is 3.28. The van der Waals surface area contributed by atoms with Crippen LogP contribution in [-0.4, -0.2) is 11.5 Å². The summed E-state index contributed by atoms with van der Waals surface area (Å²) in [5, 5.41) is 4.83. The Bertz CT molecular complexity index is 431. The summed E-state index contributed by atoms with van der Waals surface area (Å²) in [6.45, 7) is 5.47. The van der Waals surface area contributed by atoms with E-state index in [2.05, 4.69) is 54.6 Å². The van der Waals surface area contributed by atoms with Gasteiger partial charge in [-0.3, -0.25) is 0 Å². The van der Waals surface area contributed by atoms with Gasteiger partial charge in [-0.05, 0) is 31.5 Å². The number of aromatic amines is 1. The molecule has 0 spiro atoms. The van der Waals surface area contributed by atoms with Crippen LogP contribution >= 0.6 is 0 Å². The average molecular weight is 202 g/mol. The summed E-state index contributed by atoms with van der Waals surface area (Å²) in [5.41, 5.74) is 2.58. The molecule has 1 aromatic heterocycles. The highest BCUT2D eigenvalue weighted by Gasteiger charge is 2.09. The normalized spacial score (nSPS) is 13.2. The molecule has 2 N–H and O–H groups in total. The van der Waals surface area contributed by atoms with Crippen molar-refractivity contribution in [3.63, 3.8) is 0 Å². The molecule has 15 heavy (non-hydrogen) atoms. The maximum Gasteiger partial charge on any atom is 0.0457 e. The van der Waals surface area contributed by atoms with Crippen molar-refractivity contribution < 1.29 is 0 Å². The van der Waals surface area contributed by atoms with Crippen molar-refractivity contribution in [2.75, 3.05) is 6.54 Å². The van der Waals surface area contributed by atoms with Crippen LogP contribution in [0.4, 0.5) is 0 Å². The second-order valence-corrected chi connectivity index (χ2v) is 3.97. The molecule has 80 valence electrons. The molecular formula is C13H18N2. The van der Waals surface area contributed by atoms with Gasteiger partial charge in [-0.25, -0.2) is 0 Å². The van der Waals surface area contributed by atoms with E-state index in [0.29, 0.717) is 6.04 Å². The van der Waals surface area contributed by atoms with Crippen molar-refractivity contribution in [3.8, 4) is 0 Å². The lowest BCUT2D eigenvalue weighted by atomic mass is 10.1. The lowest BCUT2D eigenvalue weighted by molar-refractivity contribution is 0.574. The Morgan fingerprint density at radius 1 is 1.33 bits per heavy atom. The zero-order valence-electron chi connectivity index (χ0n) is 9.38. The fourth-order valence-electron chi connectivity index (χ4n) is 1.92. The van der Waals surface area contributed by atoms with Gasteiger partial charge in [0.1, 0.15) is 0 Å². The summed E-state index contributed by atoms with van der Waals surface area (Å²) in [6, 6.07) is 8.86. The van der Waals surface area contributed by atoms with E-state index in [1.54, 1.807) is 0 Å². The molecule has 2 heteroatoms. The second-order valence-electron chi connectivity index (χ2n) is 3.97. The van der Waals surface area contributed by atoms with Crippen molar-refractivity contribution >= 4 is 10.9 Å². The number of hydrogen-bond acceptors (Lipinski definition) is 1. The number of fused-ring (bicyclic) bond motifs is 1. The van der Waals surface area contributed by atoms with Gasteiger partial charge in [0.2, 0.25) is 0 Å². The summed E-state index contributed by atoms with van der Waals surface area (Å²) in [4.78, 5) is 3.31. The van der Waals surface area contributed by atoms with E-state index in [1.165, 1.54) is 22.9 Å². The molecule has 0 saturated heterocycles. The Balaban J connectivity index is 2.27. The lowest BCUT2D eigenvalue weighted by Gasteiger charge is -2.12. The molecule has 2 aromatic rings. The molecule has 0 radical (unpaired) electrons. The summed E-state index contributed by atoms with van der Waals surface area (Å²) < 4.78 is 0. The van der Waals surface area contributed by atoms with Crippen LogP contribution in [0, 0.1) is 0 Å². The third kappa shape index (κ3) is 2.05. The lowest BCUT2D eigenvalue weighted by Crippen LogP contribution is -2.18. The van der Waals surface area contributed by atoms with Crippen LogP contribution in [0.5, 0.6) is 0 Å². The molecule has 0 aliphatic heterocycles. The van der Waals surface area contributed by atoms with Gasteiger partial charge in [0.15, 0.2) is 0 Å². The van der Waals surface area contributed by atoms with E-state index >= 15 is 0 Å². The minimum Gasteiger partial charge on any atom is -0.361 e. The van der Waals surface area contributed by atoms with Gasteiger partial charge in [-0.15, -0.1) is 0 Å². The molecule has 1 aromatic carbocycles. The van der Waals surface area contributed by atoms with Crippen LogP contribution in [0.3, 0.4) is 0 Å². The summed E-state index contributed by atoms with van der Waals surface area (Å²) in [5.74, 6) is 0. The van der Waals surface area contributed by atoms with Crippen molar-refractivity contribution in [1.29, 1.82) is 0 Å². The Hall–Kier alpha value is -1.28. The monoisotopic (exact) mass is 202 g/mol. The number of para-hydroxylation sites is 1. The molecule has 0 saturated carbocycles. The average Bonchev–Trinajstić information content (AvgIpc) is 2.69. The fraction of sp³-hybridized carbons (Fsp3) is 0.385. The van der Waals surface area contributed by atoms with Crippen LogP contribution in [0.15, 0.2) is 30.5 Å². The van der Waals surface area contributed by atoms with Crippen LogP contribution in [-0.2, 0) is 0 Å². The van der Waals surface area contributed by atoms with Gasteiger partial charge in [0.25, 0.3) is 0 Å². The highest BCUT2D eigenvalue weighted by molar-refractivity contribution is 5.83. The first-order valence-corrected chi connectivity index (χ1v) is 5.62. The number of hydrogen-bond donors (Lipinski definition) is 2. The van der Waals surface area contributed by atoms with Crippen LogP contribution < -0.4 is 5.32 Å². The third-order valence-corrected chi connectivity index (χ3v) is 2.79. The van der Waals surface area contributed by atoms with Crippen molar-refractivity contribution in [3.05, 3.63) is 36.0 Å². The molecule has 0 aliphatic carbocycles. The standard InChI is InChI=1S/C13H18N2/c1-3-8-14-10(2)12-9-15-13-7-5-4-6-11(12)13/h4-7,9-10,14-15H,3,8H2,1-2H3. The van der Waals surface area contributed by atoms with Crippen molar-refractivity contribution in [2.45, 2.75) is 26.3 Å². The predicted molar refractivity (Wildman–Crippen MR) is 65.0 cm³/mol. The molecule has 1 heterocycles. The van der Waals surface area contributed by atoms with E-state index in [4.69, 9.17) is 0 Å². The molecule has 0 fully saturated rings. The van der Waals surface area contributed by atoms with Gasteiger partial charge >= 0.3 is 0 Å². The minimum absolute atomic E-state index is 0.418. The summed E-state index contributed by atoms with van der Waals surface area (Å²) >= 11 is 0. The smallest absolute Gasteiger partial charge is 0.0457 e. The summed E-state index contributed by atoms with van der Waals surface area (Å²) in [7, 11) is 0. The molecule has 1 unspecified atom stereocenters. The highest BCUT2D eigenvalue weighted by atomic mass is 14.9. The first kappa shape index (κ1) is 10.2. The zero-order chi connectivity index (χ0) is 10.7. The first-order valence-electron chi connectivity index (χ1n) is 5.62. The Labute approximate surface area is 90.7 Å². The minimum atomic E-state index is 0.418. The SMILES string of the molecule is CCCNC(C)c1c[nH]c2ccccc12. The number of benzene rings is 1. The molecule has 0 amide bonds. The number of H-pyrrole nitrogens is 1. The zero-order valence-corrected chi connectivity index (χ0v) is 9.38. The van der Waals surface area contributed by atoms with E-state index in [-0.39, 0.29) is 0 Å². The number of aromatic nitrogens is 1. The quantitative estimate of drug-likeness (QED) is 0.782. The number of nitrogens with one attached hydrogen (secondary N) is 2. The Morgan fingerprint density at radius 3 is 2.93 bits per heavy atom. The van der Waals surface area contributed by atoms with Gasteiger partial charge in [0, 0.05) is 23.1 Å². The van der Waals surface area contributed by atoms with Crippen LogP contribution in [0.2, 0.25) is 0 Å². The number of rotatable bonds is 4. The topological polar surface area (TPSA) is 27.8 Å². The van der Waals surface area contributed by atoms with Gasteiger partial charge in [-0.2, -0.15) is 0 Å². The van der Waals surface area contributed by atoms with Gasteiger partial charge < -0.3 is 10.3 Å². The largest absolute Gasteiger partial charge is 0.361 e. The van der Waals surface area contributed by atoms with Crippen molar-refractivity contribution in [1.82, 2.24) is 10.3 Å². The first-order chi connectivity index (χ1) is 7.33. The molecule has 0 aliphatic rings. The Morgan fingerprint density at radius 2 is 2.13 bits per heavy atom. The maximum atomic E-state index is 3.51. The van der Waals surface area contributed by atoms with Gasteiger partial charge in [0.05, 0.1) is 0 Å². The van der Waals surface area contributed by atoms with E-state index in [0.717, 1.165) is 6.54 Å². The van der Waals surface area contributed by atoms with Crippen molar-refractivity contribution in [2.24, 2.45) is 0 Å². The highest BCUT2D eigenvalue weighted by Crippen LogP contribution is 2.23. The Kier molecular flexibility index (Phi) is 3.07. The molecule has 2 nitrogen and oxygen atoms in total. The predicted octanol–water partition coefficient (Wildman–Crippen LogP) is 3.23. The maximum absolute atomic E-state index is 3.51. The second kappa shape index (κ2) is 4.49.